The van der Waals surface area contributed by atoms with Crippen LogP contribution in [-0.4, -0.2) is 54.0 Å². The molecule has 0 radical (unpaired) electrons. The Kier molecular flexibility index (Phi) is 4.20. The maximum Gasteiger partial charge on any atom is 0.243 e. The van der Waals surface area contributed by atoms with Gasteiger partial charge in [-0.05, 0) is 32.3 Å². The summed E-state index contributed by atoms with van der Waals surface area (Å²) in [5.74, 6) is 2.10. The Morgan fingerprint density at radius 1 is 1.24 bits per heavy atom. The molecule has 0 bridgehead atoms. The lowest BCUT2D eigenvalue weighted by atomic mass is 10.1. The minimum Gasteiger partial charge on any atom is -0.356 e. The highest BCUT2D eigenvalue weighted by Gasteiger charge is 2.31. The molecule has 2 saturated heterocycles. The SMILES string of the molecule is Cc1noc(C2CCN(c3cc(S(=O)(=O)N4CCCC4)ccn3)C2)n1. The maximum atomic E-state index is 12.7. The number of nitrogens with zero attached hydrogens (tertiary/aromatic N) is 5. The number of rotatable bonds is 4. The van der Waals surface area contributed by atoms with E-state index in [-0.39, 0.29) is 5.92 Å². The molecule has 2 aliphatic heterocycles. The van der Waals surface area contributed by atoms with Crippen LogP contribution in [0.3, 0.4) is 0 Å². The van der Waals surface area contributed by atoms with Crippen molar-refractivity contribution in [3.8, 4) is 0 Å². The topological polar surface area (TPSA) is 92.4 Å². The minimum atomic E-state index is -3.43. The second-order valence-electron chi connectivity index (χ2n) is 6.57. The normalized spacial score (nSPS) is 22.0. The molecular formula is C16H21N5O3S. The number of hydrogen-bond acceptors (Lipinski definition) is 7. The van der Waals surface area contributed by atoms with Gasteiger partial charge in [0.05, 0.1) is 10.8 Å². The predicted molar refractivity (Wildman–Crippen MR) is 90.8 cm³/mol. The zero-order valence-electron chi connectivity index (χ0n) is 14.1. The van der Waals surface area contributed by atoms with E-state index in [1.165, 1.54) is 0 Å². The van der Waals surface area contributed by atoms with Crippen molar-refractivity contribution in [2.75, 3.05) is 31.1 Å². The van der Waals surface area contributed by atoms with E-state index in [0.717, 1.165) is 25.8 Å². The van der Waals surface area contributed by atoms with E-state index in [1.54, 1.807) is 29.6 Å². The van der Waals surface area contributed by atoms with Gasteiger partial charge in [-0.25, -0.2) is 13.4 Å². The molecule has 1 atom stereocenters. The average molecular weight is 363 g/mol. The Morgan fingerprint density at radius 3 is 2.76 bits per heavy atom. The third-order valence-corrected chi connectivity index (χ3v) is 6.72. The monoisotopic (exact) mass is 363 g/mol. The lowest BCUT2D eigenvalue weighted by molar-refractivity contribution is 0.356. The van der Waals surface area contributed by atoms with Crippen molar-refractivity contribution in [3.63, 3.8) is 0 Å². The summed E-state index contributed by atoms with van der Waals surface area (Å²) in [7, 11) is -3.43. The number of aromatic nitrogens is 3. The van der Waals surface area contributed by atoms with Crippen LogP contribution in [0.4, 0.5) is 5.82 Å². The molecule has 9 heteroatoms. The summed E-state index contributed by atoms with van der Waals surface area (Å²) in [5, 5.41) is 3.84. The van der Waals surface area contributed by atoms with Gasteiger partial charge in [0, 0.05) is 38.4 Å². The van der Waals surface area contributed by atoms with E-state index in [9.17, 15) is 8.42 Å². The lowest BCUT2D eigenvalue weighted by Crippen LogP contribution is -2.28. The third kappa shape index (κ3) is 3.13. The Labute approximate surface area is 146 Å². The lowest BCUT2D eigenvalue weighted by Gasteiger charge is -2.19. The van der Waals surface area contributed by atoms with Crippen molar-refractivity contribution in [3.05, 3.63) is 30.0 Å². The van der Waals surface area contributed by atoms with Crippen molar-refractivity contribution in [1.82, 2.24) is 19.4 Å². The van der Waals surface area contributed by atoms with Crippen molar-refractivity contribution in [1.29, 1.82) is 0 Å². The fourth-order valence-corrected chi connectivity index (χ4v) is 4.98. The first kappa shape index (κ1) is 16.5. The van der Waals surface area contributed by atoms with Gasteiger partial charge in [0.2, 0.25) is 15.9 Å². The molecule has 2 aromatic heterocycles. The van der Waals surface area contributed by atoms with Gasteiger partial charge in [-0.15, -0.1) is 0 Å². The van der Waals surface area contributed by atoms with Gasteiger partial charge in [-0.3, -0.25) is 0 Å². The molecule has 25 heavy (non-hydrogen) atoms. The molecule has 1 unspecified atom stereocenters. The van der Waals surface area contributed by atoms with Crippen LogP contribution in [0.15, 0.2) is 27.7 Å². The Hall–Kier alpha value is -2.00. The molecule has 0 amide bonds. The smallest absolute Gasteiger partial charge is 0.243 e. The van der Waals surface area contributed by atoms with Crippen LogP contribution >= 0.6 is 0 Å². The summed E-state index contributed by atoms with van der Waals surface area (Å²) in [6, 6.07) is 3.25. The first-order chi connectivity index (χ1) is 12.0. The van der Waals surface area contributed by atoms with Gasteiger partial charge < -0.3 is 9.42 Å². The second kappa shape index (κ2) is 6.38. The molecule has 0 aliphatic carbocycles. The highest BCUT2D eigenvalue weighted by atomic mass is 32.2. The molecule has 0 spiro atoms. The van der Waals surface area contributed by atoms with E-state index < -0.39 is 10.0 Å². The molecule has 8 nitrogen and oxygen atoms in total. The Morgan fingerprint density at radius 2 is 2.04 bits per heavy atom. The Bertz CT molecular complexity index is 860. The number of anilines is 1. The van der Waals surface area contributed by atoms with Gasteiger partial charge in [0.15, 0.2) is 5.82 Å². The molecule has 2 aromatic rings. The largest absolute Gasteiger partial charge is 0.356 e. The quantitative estimate of drug-likeness (QED) is 0.814. The summed E-state index contributed by atoms with van der Waals surface area (Å²) in [6.07, 6.45) is 4.30. The standard InChI is InChI=1S/C16H21N5O3S/c1-12-18-16(24-19-12)13-5-9-20(11-13)15-10-14(4-6-17-15)25(22,23)21-7-2-3-8-21/h4,6,10,13H,2-3,5,7-9,11H2,1H3. The molecule has 134 valence electrons. The fraction of sp³-hybridized carbons (Fsp3) is 0.562. The van der Waals surface area contributed by atoms with E-state index in [0.29, 0.717) is 42.1 Å². The summed E-state index contributed by atoms with van der Waals surface area (Å²) in [4.78, 5) is 11.1. The summed E-state index contributed by atoms with van der Waals surface area (Å²) in [6.45, 7) is 4.48. The van der Waals surface area contributed by atoms with Crippen LogP contribution in [-0.2, 0) is 10.0 Å². The summed E-state index contributed by atoms with van der Waals surface area (Å²) < 4.78 is 32.3. The van der Waals surface area contributed by atoms with Crippen LogP contribution < -0.4 is 4.90 Å². The van der Waals surface area contributed by atoms with Crippen LogP contribution in [0.2, 0.25) is 0 Å². The first-order valence-corrected chi connectivity index (χ1v) is 9.99. The van der Waals surface area contributed by atoms with Crippen LogP contribution in [0.1, 0.15) is 36.9 Å². The van der Waals surface area contributed by atoms with Gasteiger partial charge in [0.1, 0.15) is 5.82 Å². The predicted octanol–water partition coefficient (Wildman–Crippen LogP) is 1.55. The highest BCUT2D eigenvalue weighted by Crippen LogP contribution is 2.30. The number of sulfonamides is 1. The van der Waals surface area contributed by atoms with Gasteiger partial charge in [-0.1, -0.05) is 5.16 Å². The number of hydrogen-bond donors (Lipinski definition) is 0. The van der Waals surface area contributed by atoms with Crippen molar-refractivity contribution in [2.45, 2.75) is 37.0 Å². The highest BCUT2D eigenvalue weighted by molar-refractivity contribution is 7.89. The first-order valence-electron chi connectivity index (χ1n) is 8.55. The second-order valence-corrected chi connectivity index (χ2v) is 8.51. The fourth-order valence-electron chi connectivity index (χ4n) is 3.46. The summed E-state index contributed by atoms with van der Waals surface area (Å²) in [5.41, 5.74) is 0. The van der Waals surface area contributed by atoms with Crippen LogP contribution in [0.25, 0.3) is 0 Å². The maximum absolute atomic E-state index is 12.7. The third-order valence-electron chi connectivity index (χ3n) is 4.82. The number of aryl methyl sites for hydroxylation is 1. The molecule has 0 N–H and O–H groups in total. The van der Waals surface area contributed by atoms with Gasteiger partial charge in [0.25, 0.3) is 0 Å². The minimum absolute atomic E-state index is 0.154. The zero-order chi connectivity index (χ0) is 17.4. The van der Waals surface area contributed by atoms with E-state index in [2.05, 4.69) is 20.0 Å². The molecule has 2 aliphatic rings. The van der Waals surface area contributed by atoms with Gasteiger partial charge >= 0.3 is 0 Å². The zero-order valence-corrected chi connectivity index (χ0v) is 14.9. The molecule has 4 rings (SSSR count). The van der Waals surface area contributed by atoms with Gasteiger partial charge in [-0.2, -0.15) is 9.29 Å². The molecular weight excluding hydrogens is 342 g/mol. The van der Waals surface area contributed by atoms with Crippen molar-refractivity contribution < 1.29 is 12.9 Å². The van der Waals surface area contributed by atoms with Crippen LogP contribution in [0.5, 0.6) is 0 Å². The average Bonchev–Trinajstić information content (AvgIpc) is 3.36. The van der Waals surface area contributed by atoms with Crippen molar-refractivity contribution >= 4 is 15.8 Å². The van der Waals surface area contributed by atoms with Crippen molar-refractivity contribution in [2.24, 2.45) is 0 Å². The molecule has 2 fully saturated rings. The summed E-state index contributed by atoms with van der Waals surface area (Å²) >= 11 is 0. The molecule has 4 heterocycles. The molecule has 0 aromatic carbocycles. The van der Waals surface area contributed by atoms with E-state index >= 15 is 0 Å². The molecule has 0 saturated carbocycles. The van der Waals surface area contributed by atoms with E-state index in [1.807, 2.05) is 0 Å². The van der Waals surface area contributed by atoms with E-state index in [4.69, 9.17) is 4.52 Å². The number of pyridine rings is 1. The van der Waals surface area contributed by atoms with Crippen LogP contribution in [0, 0.1) is 6.92 Å². The Balaban J connectivity index is 1.54.